The predicted molar refractivity (Wildman–Crippen MR) is 115 cm³/mol. The van der Waals surface area contributed by atoms with E-state index in [0.717, 1.165) is 0 Å². The first-order valence-corrected chi connectivity index (χ1v) is 9.57. The standard InChI is InChI=1S/C22H19FN6O2/c1-4-31-18-7-5-6-13(20(18)25-2)21-15(11-26-29(21)3)12-8-14-17(10-24)27-28-22(30)19(14)16(23)9-12/h5-9,11H,4,10,24H2,1,3H3,(H,28,30). The van der Waals surface area contributed by atoms with Crippen molar-refractivity contribution in [1.82, 2.24) is 20.0 Å². The SMILES string of the molecule is [C-]#[N+]c1c(OCC)cccc1-c1c(-c2cc(F)c3c(=O)[nH]nc(CN)c3c2)cnn1C. The van der Waals surface area contributed by atoms with Crippen LogP contribution in [0.1, 0.15) is 12.6 Å². The van der Waals surface area contributed by atoms with Gasteiger partial charge in [-0.05, 0) is 30.7 Å². The molecular formula is C22H19FN6O2. The molecule has 0 spiro atoms. The van der Waals surface area contributed by atoms with Gasteiger partial charge in [0.25, 0.3) is 5.56 Å². The molecule has 0 fully saturated rings. The number of benzene rings is 2. The van der Waals surface area contributed by atoms with Gasteiger partial charge in [0.2, 0.25) is 5.69 Å². The normalized spacial score (nSPS) is 10.9. The number of nitrogens with zero attached hydrogens (tertiary/aromatic N) is 4. The van der Waals surface area contributed by atoms with Gasteiger partial charge in [-0.1, -0.05) is 12.1 Å². The third kappa shape index (κ3) is 3.33. The Morgan fingerprint density at radius 2 is 2.13 bits per heavy atom. The fourth-order valence-corrected chi connectivity index (χ4v) is 3.68. The number of nitrogens with one attached hydrogen (secondary N) is 1. The quantitative estimate of drug-likeness (QED) is 0.483. The number of hydrogen-bond acceptors (Lipinski definition) is 5. The first-order valence-electron chi connectivity index (χ1n) is 9.57. The maximum Gasteiger partial charge on any atom is 0.275 e. The highest BCUT2D eigenvalue weighted by Crippen LogP contribution is 2.42. The second-order valence-corrected chi connectivity index (χ2v) is 6.81. The lowest BCUT2D eigenvalue weighted by atomic mass is 9.97. The molecular weight excluding hydrogens is 399 g/mol. The van der Waals surface area contributed by atoms with E-state index in [-0.39, 0.29) is 11.9 Å². The summed E-state index contributed by atoms with van der Waals surface area (Å²) in [4.78, 5) is 15.8. The average Bonchev–Trinajstić information content (AvgIpc) is 3.15. The predicted octanol–water partition coefficient (Wildman–Crippen LogP) is 3.54. The number of nitrogens with two attached hydrogens (primary N) is 1. The molecule has 4 rings (SSSR count). The van der Waals surface area contributed by atoms with Gasteiger partial charge in [0.05, 0.1) is 36.1 Å². The molecule has 0 aliphatic heterocycles. The molecule has 3 N–H and O–H groups in total. The van der Waals surface area contributed by atoms with Crippen molar-refractivity contribution < 1.29 is 9.13 Å². The van der Waals surface area contributed by atoms with Crippen LogP contribution < -0.4 is 16.0 Å². The molecule has 0 aliphatic carbocycles. The zero-order valence-corrected chi connectivity index (χ0v) is 16.9. The average molecular weight is 418 g/mol. The summed E-state index contributed by atoms with van der Waals surface area (Å²) in [5, 5.41) is 10.8. The largest absolute Gasteiger partial charge is 0.505 e. The van der Waals surface area contributed by atoms with Crippen molar-refractivity contribution in [3.63, 3.8) is 0 Å². The van der Waals surface area contributed by atoms with E-state index < -0.39 is 11.4 Å². The summed E-state index contributed by atoms with van der Waals surface area (Å²) in [5.74, 6) is -0.220. The van der Waals surface area contributed by atoms with Crippen molar-refractivity contribution in [2.24, 2.45) is 12.8 Å². The number of hydrogen-bond donors (Lipinski definition) is 2. The molecule has 0 saturated carbocycles. The van der Waals surface area contributed by atoms with Crippen LogP contribution in [0, 0.1) is 12.4 Å². The van der Waals surface area contributed by atoms with E-state index in [0.29, 0.717) is 51.5 Å². The maximum absolute atomic E-state index is 15.0. The smallest absolute Gasteiger partial charge is 0.275 e. The Balaban J connectivity index is 2.01. The lowest BCUT2D eigenvalue weighted by Crippen LogP contribution is -2.14. The third-order valence-corrected chi connectivity index (χ3v) is 5.03. The fourth-order valence-electron chi connectivity index (χ4n) is 3.68. The summed E-state index contributed by atoms with van der Waals surface area (Å²) in [6, 6.07) is 8.28. The monoisotopic (exact) mass is 418 g/mol. The molecule has 4 aromatic rings. The van der Waals surface area contributed by atoms with Crippen LogP contribution in [-0.4, -0.2) is 26.6 Å². The lowest BCUT2D eigenvalue weighted by Gasteiger charge is -2.13. The summed E-state index contributed by atoms with van der Waals surface area (Å²) in [5.41, 5.74) is 8.17. The number of rotatable bonds is 5. The molecule has 2 aromatic heterocycles. The molecule has 31 heavy (non-hydrogen) atoms. The number of aromatic amines is 1. The van der Waals surface area contributed by atoms with Crippen LogP contribution in [0.2, 0.25) is 0 Å². The van der Waals surface area contributed by atoms with Gasteiger partial charge in [0, 0.05) is 30.1 Å². The number of fused-ring (bicyclic) bond motifs is 1. The van der Waals surface area contributed by atoms with Crippen LogP contribution >= 0.6 is 0 Å². The van der Waals surface area contributed by atoms with Gasteiger partial charge in [0.1, 0.15) is 11.6 Å². The van der Waals surface area contributed by atoms with Gasteiger partial charge < -0.3 is 10.5 Å². The summed E-state index contributed by atoms with van der Waals surface area (Å²) in [6.45, 7) is 9.97. The Kier molecular flexibility index (Phi) is 5.23. The molecule has 2 aromatic carbocycles. The third-order valence-electron chi connectivity index (χ3n) is 5.03. The first-order chi connectivity index (χ1) is 15.0. The number of aromatic nitrogens is 4. The highest BCUT2D eigenvalue weighted by molar-refractivity contribution is 5.94. The van der Waals surface area contributed by atoms with Crippen LogP contribution in [0.25, 0.3) is 38.0 Å². The summed E-state index contributed by atoms with van der Waals surface area (Å²) in [7, 11) is 1.74. The highest BCUT2D eigenvalue weighted by atomic mass is 19.1. The lowest BCUT2D eigenvalue weighted by molar-refractivity contribution is 0.342. The Hall–Kier alpha value is -4.03. The number of ether oxygens (including phenoxy) is 1. The topological polar surface area (TPSA) is 103 Å². The summed E-state index contributed by atoms with van der Waals surface area (Å²) < 4.78 is 22.2. The van der Waals surface area contributed by atoms with Gasteiger partial charge in [-0.2, -0.15) is 10.2 Å². The Bertz CT molecular complexity index is 1400. The summed E-state index contributed by atoms with van der Waals surface area (Å²) >= 11 is 0. The molecule has 9 heteroatoms. The van der Waals surface area contributed by atoms with Gasteiger partial charge in [-0.3, -0.25) is 9.48 Å². The molecule has 8 nitrogen and oxygen atoms in total. The van der Waals surface area contributed by atoms with Crippen LogP contribution in [0.5, 0.6) is 5.75 Å². The Morgan fingerprint density at radius 3 is 2.84 bits per heavy atom. The van der Waals surface area contributed by atoms with Crippen molar-refractivity contribution >= 4 is 16.5 Å². The minimum atomic E-state index is -0.686. The Labute approximate surface area is 176 Å². The van der Waals surface area contributed by atoms with Crippen LogP contribution in [0.3, 0.4) is 0 Å². The zero-order chi connectivity index (χ0) is 22.1. The van der Waals surface area contributed by atoms with Crippen molar-refractivity contribution in [3.8, 4) is 28.1 Å². The van der Waals surface area contributed by atoms with Gasteiger partial charge in [0.15, 0.2) is 0 Å². The van der Waals surface area contributed by atoms with Crippen LogP contribution in [0.15, 0.2) is 41.3 Å². The van der Waals surface area contributed by atoms with E-state index in [1.165, 1.54) is 6.07 Å². The Morgan fingerprint density at radius 1 is 1.32 bits per heavy atom. The molecule has 0 aliphatic rings. The highest BCUT2D eigenvalue weighted by Gasteiger charge is 2.21. The second kappa shape index (κ2) is 8.01. The number of halogens is 1. The molecule has 0 amide bonds. The van der Waals surface area contributed by atoms with E-state index in [9.17, 15) is 9.18 Å². The fraction of sp³-hybridized carbons (Fsp3) is 0.182. The van der Waals surface area contributed by atoms with E-state index in [4.69, 9.17) is 17.0 Å². The van der Waals surface area contributed by atoms with E-state index >= 15 is 0 Å². The molecule has 0 saturated heterocycles. The second-order valence-electron chi connectivity index (χ2n) is 6.81. The van der Waals surface area contributed by atoms with E-state index in [2.05, 4.69) is 20.1 Å². The van der Waals surface area contributed by atoms with Crippen molar-refractivity contribution in [2.45, 2.75) is 13.5 Å². The van der Waals surface area contributed by atoms with Gasteiger partial charge in [-0.15, -0.1) is 0 Å². The molecule has 2 heterocycles. The zero-order valence-electron chi connectivity index (χ0n) is 16.9. The minimum absolute atomic E-state index is 0.0361. The molecule has 0 bridgehead atoms. The molecule has 156 valence electrons. The molecule has 0 unspecified atom stereocenters. The van der Waals surface area contributed by atoms with Crippen molar-refractivity contribution in [2.75, 3.05) is 6.61 Å². The number of H-pyrrole nitrogens is 1. The van der Waals surface area contributed by atoms with Gasteiger partial charge in [-0.25, -0.2) is 14.3 Å². The van der Waals surface area contributed by atoms with Crippen molar-refractivity contribution in [1.29, 1.82) is 0 Å². The maximum atomic E-state index is 15.0. The van der Waals surface area contributed by atoms with Crippen LogP contribution in [0.4, 0.5) is 10.1 Å². The minimum Gasteiger partial charge on any atom is -0.505 e. The summed E-state index contributed by atoms with van der Waals surface area (Å²) in [6.07, 6.45) is 1.60. The van der Waals surface area contributed by atoms with Gasteiger partial charge >= 0.3 is 0 Å². The van der Waals surface area contributed by atoms with E-state index in [1.54, 1.807) is 42.2 Å². The van der Waals surface area contributed by atoms with Crippen LogP contribution in [-0.2, 0) is 13.6 Å². The van der Waals surface area contributed by atoms with E-state index in [1.807, 2.05) is 6.92 Å². The molecule has 0 radical (unpaired) electrons. The number of aryl methyl sites for hydroxylation is 1. The number of para-hydroxylation sites is 1. The first kappa shape index (κ1) is 20.3. The molecule has 0 atom stereocenters. The van der Waals surface area contributed by atoms with Crippen molar-refractivity contribution in [3.05, 3.63) is 69.8 Å².